The van der Waals surface area contributed by atoms with Crippen LogP contribution in [0.4, 0.5) is 61.5 Å². The Balaban J connectivity index is 0. The fourth-order valence-corrected chi connectivity index (χ4v) is 6.73. The fraction of sp³-hybridized carbons (Fsp3) is 0.786. The smallest absolute Gasteiger partial charge is 0.460 e. The average molecular weight is 910 g/mol. The number of hydrogen-bond acceptors (Lipinski definition) is 6. The third kappa shape index (κ3) is 6.65. The summed E-state index contributed by atoms with van der Waals surface area (Å²) in [4.78, 5) is 70.5. The number of Topliss-reactive ketones (excluding diaryl/α,β-unsaturated/α-hetero) is 2. The van der Waals surface area contributed by atoms with Crippen LogP contribution in [0.5, 0.6) is 0 Å². The van der Waals surface area contributed by atoms with Gasteiger partial charge in [-0.2, -0.15) is 61.5 Å². The number of ketones is 2. The standard InChI is InChI=1S/2C14H15F7O5.2Ni/c2*1-9(2)10(3,7(23)24)4-5-11(9,8(25)26)6(22)12(15,16)13(17,18)14(19,20)21;;/h2*4-5H2,1-3H3,(H,23,24)(H,25,26);;/t2*10-,11?;;/m00../s1. The molecule has 0 amide bonds. The zero-order valence-corrected chi connectivity index (χ0v) is 30.0. The Hall–Kier alpha value is -2.77. The molecular weight excluding hydrogens is 880 g/mol. The largest absolute Gasteiger partial charge is 0.481 e. The van der Waals surface area contributed by atoms with Gasteiger partial charge in [0.15, 0.2) is 0 Å². The van der Waals surface area contributed by atoms with Crippen molar-refractivity contribution in [3.05, 3.63) is 0 Å². The van der Waals surface area contributed by atoms with E-state index in [0.717, 1.165) is 41.5 Å². The Morgan fingerprint density at radius 3 is 0.741 bits per heavy atom. The Labute approximate surface area is 314 Å². The summed E-state index contributed by atoms with van der Waals surface area (Å²) in [5.41, 5.74) is -16.0. The summed E-state index contributed by atoms with van der Waals surface area (Å²) in [6, 6.07) is 0. The number of carboxylic acid groups (broad SMARTS) is 4. The Morgan fingerprint density at radius 1 is 0.407 bits per heavy atom. The molecule has 0 aromatic carbocycles. The normalized spacial score (nSPS) is 28.4. The molecule has 0 aromatic heterocycles. The molecule has 4 N–H and O–H groups in total. The van der Waals surface area contributed by atoms with Crippen molar-refractivity contribution in [2.75, 3.05) is 0 Å². The molecule has 0 radical (unpaired) electrons. The second-order valence-electron chi connectivity index (χ2n) is 13.9. The first-order valence-corrected chi connectivity index (χ1v) is 14.2. The van der Waals surface area contributed by atoms with Gasteiger partial charge in [-0.3, -0.25) is 28.8 Å². The minimum Gasteiger partial charge on any atom is -0.481 e. The molecule has 26 heteroatoms. The number of carbonyl (C=O) groups excluding carboxylic acids is 2. The van der Waals surface area contributed by atoms with Crippen molar-refractivity contribution >= 4 is 35.4 Å². The van der Waals surface area contributed by atoms with E-state index < -0.39 is 130 Å². The van der Waals surface area contributed by atoms with Crippen LogP contribution < -0.4 is 0 Å². The van der Waals surface area contributed by atoms with Crippen molar-refractivity contribution in [2.45, 2.75) is 103 Å². The minimum atomic E-state index is -6.84. The molecule has 2 aliphatic carbocycles. The monoisotopic (exact) mass is 908 g/mol. The maximum atomic E-state index is 13.9. The van der Waals surface area contributed by atoms with E-state index in [2.05, 4.69) is 0 Å². The van der Waals surface area contributed by atoms with Crippen LogP contribution in [0.15, 0.2) is 0 Å². The predicted molar refractivity (Wildman–Crippen MR) is 140 cm³/mol. The van der Waals surface area contributed by atoms with E-state index in [-0.39, 0.29) is 33.0 Å². The quantitative estimate of drug-likeness (QED) is 0.104. The van der Waals surface area contributed by atoms with Crippen molar-refractivity contribution in [1.82, 2.24) is 0 Å². The summed E-state index contributed by atoms with van der Waals surface area (Å²) in [7, 11) is 0. The molecule has 54 heavy (non-hydrogen) atoms. The Bertz CT molecular complexity index is 1430. The summed E-state index contributed by atoms with van der Waals surface area (Å²) in [6.45, 7) is 4.88. The summed E-state index contributed by atoms with van der Waals surface area (Å²) in [6.07, 6.45) is -17.3. The van der Waals surface area contributed by atoms with E-state index in [1.807, 2.05) is 0 Å². The molecule has 4 atom stereocenters. The van der Waals surface area contributed by atoms with E-state index in [0.29, 0.717) is 0 Å². The third-order valence-corrected chi connectivity index (χ3v) is 11.4. The summed E-state index contributed by atoms with van der Waals surface area (Å²) in [5.74, 6) is -41.0. The van der Waals surface area contributed by atoms with Gasteiger partial charge in [-0.15, -0.1) is 0 Å². The number of carbonyl (C=O) groups is 6. The first-order chi connectivity index (χ1) is 22.5. The van der Waals surface area contributed by atoms with Crippen LogP contribution in [0.3, 0.4) is 0 Å². The summed E-state index contributed by atoms with van der Waals surface area (Å²) < 4.78 is 183. The molecule has 2 aliphatic rings. The van der Waals surface area contributed by atoms with Gasteiger partial charge < -0.3 is 20.4 Å². The number of aliphatic carboxylic acids is 4. The maximum Gasteiger partial charge on any atom is 0.460 e. The summed E-state index contributed by atoms with van der Waals surface area (Å²) >= 11 is 0. The van der Waals surface area contributed by atoms with Crippen LogP contribution in [0, 0.1) is 32.5 Å². The van der Waals surface area contributed by atoms with Crippen molar-refractivity contribution in [3.63, 3.8) is 0 Å². The van der Waals surface area contributed by atoms with Gasteiger partial charge in [0.2, 0.25) is 11.6 Å². The zero-order chi connectivity index (χ0) is 42.3. The Morgan fingerprint density at radius 2 is 0.611 bits per heavy atom. The Kier molecular flexibility index (Phi) is 14.4. The van der Waals surface area contributed by atoms with E-state index in [1.165, 1.54) is 0 Å². The van der Waals surface area contributed by atoms with Crippen LogP contribution in [0.1, 0.15) is 67.2 Å². The number of halogens is 14. The molecular formula is C28H30F14Ni2O10. The third-order valence-electron chi connectivity index (χ3n) is 11.4. The van der Waals surface area contributed by atoms with Gasteiger partial charge in [-0.1, -0.05) is 27.7 Å². The van der Waals surface area contributed by atoms with Crippen molar-refractivity contribution in [2.24, 2.45) is 32.5 Å². The fourth-order valence-electron chi connectivity index (χ4n) is 6.73. The second kappa shape index (κ2) is 14.6. The molecule has 2 saturated carbocycles. The molecule has 0 saturated heterocycles. The molecule has 10 nitrogen and oxygen atoms in total. The zero-order valence-electron chi connectivity index (χ0n) is 28.0. The molecule has 320 valence electrons. The predicted octanol–water partition coefficient (Wildman–Crippen LogP) is 6.74. The topological polar surface area (TPSA) is 183 Å². The average Bonchev–Trinajstić information content (AvgIpc) is 3.31. The number of alkyl halides is 14. The molecule has 2 fully saturated rings. The van der Waals surface area contributed by atoms with Crippen LogP contribution in [-0.2, 0) is 61.8 Å². The minimum absolute atomic E-state index is 0. The molecule has 0 heterocycles. The maximum absolute atomic E-state index is 13.9. The molecule has 0 spiro atoms. The summed E-state index contributed by atoms with van der Waals surface area (Å²) in [5, 5.41) is 37.2. The van der Waals surface area contributed by atoms with Crippen molar-refractivity contribution in [1.29, 1.82) is 0 Å². The van der Waals surface area contributed by atoms with Crippen molar-refractivity contribution < 1.29 is 144 Å². The number of rotatable bonds is 10. The molecule has 0 aromatic rings. The van der Waals surface area contributed by atoms with Crippen LogP contribution >= 0.6 is 0 Å². The van der Waals surface area contributed by atoms with Gasteiger partial charge in [-0.05, 0) is 39.5 Å². The van der Waals surface area contributed by atoms with Gasteiger partial charge in [0.25, 0.3) is 0 Å². The van der Waals surface area contributed by atoms with Crippen molar-refractivity contribution in [3.8, 4) is 0 Å². The van der Waals surface area contributed by atoms with Gasteiger partial charge in [0, 0.05) is 43.8 Å². The van der Waals surface area contributed by atoms with E-state index in [4.69, 9.17) is 0 Å². The van der Waals surface area contributed by atoms with E-state index in [1.54, 1.807) is 0 Å². The number of carboxylic acids is 4. The van der Waals surface area contributed by atoms with Gasteiger partial charge in [0.05, 0.1) is 10.8 Å². The second-order valence-corrected chi connectivity index (χ2v) is 13.9. The molecule has 0 bridgehead atoms. The molecule has 0 aliphatic heterocycles. The van der Waals surface area contributed by atoms with Gasteiger partial charge in [0.1, 0.15) is 10.8 Å². The van der Waals surface area contributed by atoms with Gasteiger partial charge >= 0.3 is 59.9 Å². The van der Waals surface area contributed by atoms with Gasteiger partial charge in [-0.25, -0.2) is 0 Å². The van der Waals surface area contributed by atoms with Crippen LogP contribution in [-0.4, -0.2) is 91.9 Å². The molecule has 2 unspecified atom stereocenters. The SMILES string of the molecule is CC1(C)C(C(=O)O)(C(=O)C(F)(F)C(F)(F)C(F)(F)F)CC[C@@]1(C)C(=O)O.CC1(C)C(C(=O)O)(C(=O)C(F)(F)C(F)(F)C(F)(F)F)CC[C@@]1(C)C(=O)O.[Ni].[Ni]. The van der Waals surface area contributed by atoms with Crippen LogP contribution in [0.2, 0.25) is 0 Å². The van der Waals surface area contributed by atoms with Crippen LogP contribution in [0.25, 0.3) is 0 Å². The first-order valence-electron chi connectivity index (χ1n) is 14.2. The number of hydrogen-bond donors (Lipinski definition) is 4. The van der Waals surface area contributed by atoms with E-state index in [9.17, 15) is 111 Å². The van der Waals surface area contributed by atoms with E-state index >= 15 is 0 Å². The first kappa shape index (κ1) is 53.3. The molecule has 2 rings (SSSR count).